The minimum absolute atomic E-state index is 0.857. The third-order valence-corrected chi connectivity index (χ3v) is 3.94. The number of aromatic nitrogens is 3. The Balaban J connectivity index is 1.87. The van der Waals surface area contributed by atoms with E-state index in [1.54, 1.807) is 18.0 Å². The van der Waals surface area contributed by atoms with E-state index < -0.39 is 0 Å². The summed E-state index contributed by atoms with van der Waals surface area (Å²) in [5, 5.41) is 4.21. The molecule has 3 rings (SSSR count). The smallest absolute Gasteiger partial charge is 0.169 e. The maximum Gasteiger partial charge on any atom is 0.169 e. The first-order valence-electron chi connectivity index (χ1n) is 6.61. The summed E-state index contributed by atoms with van der Waals surface area (Å²) < 4.78 is 2.01. The molecule has 0 atom stereocenters. The molecule has 0 radical (unpaired) electrons. The van der Waals surface area contributed by atoms with Crippen molar-refractivity contribution in [3.63, 3.8) is 0 Å². The Morgan fingerprint density at radius 1 is 1.25 bits per heavy atom. The Labute approximate surface area is 122 Å². The van der Waals surface area contributed by atoms with Gasteiger partial charge in [-0.1, -0.05) is 42.1 Å². The zero-order valence-electron chi connectivity index (χ0n) is 11.3. The van der Waals surface area contributed by atoms with E-state index in [2.05, 4.69) is 46.5 Å². The Kier molecular flexibility index (Phi) is 3.87. The summed E-state index contributed by atoms with van der Waals surface area (Å²) >= 11 is 1.71. The number of hydrogen-bond donors (Lipinski definition) is 1. The quantitative estimate of drug-likeness (QED) is 0.729. The molecule has 20 heavy (non-hydrogen) atoms. The molecule has 1 N–H and O–H groups in total. The summed E-state index contributed by atoms with van der Waals surface area (Å²) in [5.41, 5.74) is 2.20. The molecule has 102 valence electrons. The van der Waals surface area contributed by atoms with Gasteiger partial charge in [-0.2, -0.15) is 0 Å². The summed E-state index contributed by atoms with van der Waals surface area (Å²) in [7, 11) is 0. The molecule has 2 heterocycles. The minimum Gasteiger partial charge on any atom is -0.369 e. The normalized spacial score (nSPS) is 10.8. The monoisotopic (exact) mass is 284 g/mol. The van der Waals surface area contributed by atoms with Crippen molar-refractivity contribution < 1.29 is 0 Å². The van der Waals surface area contributed by atoms with Gasteiger partial charge in [-0.3, -0.25) is 0 Å². The number of anilines is 1. The van der Waals surface area contributed by atoms with Crippen LogP contribution in [0.3, 0.4) is 0 Å². The standard InChI is InChI=1S/C15H16N4S/c1-2-16-13-10-19-9-8-17-14(19)15(18-13)20-11-12-6-4-3-5-7-12/h3-10,16H,2,11H2,1H3. The molecule has 0 unspecified atom stereocenters. The van der Waals surface area contributed by atoms with Gasteiger partial charge in [0.05, 0.1) is 6.20 Å². The summed E-state index contributed by atoms with van der Waals surface area (Å²) in [6.07, 6.45) is 5.72. The van der Waals surface area contributed by atoms with Crippen LogP contribution in [-0.4, -0.2) is 20.9 Å². The average Bonchev–Trinajstić information content (AvgIpc) is 2.95. The molecule has 0 saturated heterocycles. The maximum absolute atomic E-state index is 4.65. The molecule has 3 aromatic rings. The zero-order chi connectivity index (χ0) is 13.8. The fraction of sp³-hybridized carbons (Fsp3) is 0.200. The molecule has 4 nitrogen and oxygen atoms in total. The highest BCUT2D eigenvalue weighted by molar-refractivity contribution is 7.98. The Morgan fingerprint density at radius 3 is 2.90 bits per heavy atom. The second-order valence-electron chi connectivity index (χ2n) is 4.39. The average molecular weight is 284 g/mol. The van der Waals surface area contributed by atoms with Gasteiger partial charge in [0.2, 0.25) is 0 Å². The van der Waals surface area contributed by atoms with Crippen molar-refractivity contribution in [2.24, 2.45) is 0 Å². The molecule has 0 bridgehead atoms. The van der Waals surface area contributed by atoms with Crippen LogP contribution in [0.25, 0.3) is 5.65 Å². The molecule has 0 aliphatic rings. The molecule has 0 amide bonds. The van der Waals surface area contributed by atoms with E-state index in [0.29, 0.717) is 0 Å². The highest BCUT2D eigenvalue weighted by Crippen LogP contribution is 2.25. The zero-order valence-corrected chi connectivity index (χ0v) is 12.1. The lowest BCUT2D eigenvalue weighted by atomic mass is 10.2. The van der Waals surface area contributed by atoms with Crippen LogP contribution in [0.5, 0.6) is 0 Å². The molecule has 5 heteroatoms. The van der Waals surface area contributed by atoms with Gasteiger partial charge < -0.3 is 9.72 Å². The first-order valence-corrected chi connectivity index (χ1v) is 7.59. The van der Waals surface area contributed by atoms with Crippen LogP contribution < -0.4 is 5.32 Å². The molecule has 0 fully saturated rings. The molecule has 2 aromatic heterocycles. The van der Waals surface area contributed by atoms with E-state index in [4.69, 9.17) is 0 Å². The largest absolute Gasteiger partial charge is 0.369 e. The Hall–Kier alpha value is -2.01. The third-order valence-electron chi connectivity index (χ3n) is 2.92. The van der Waals surface area contributed by atoms with Gasteiger partial charge in [0, 0.05) is 24.7 Å². The first-order chi connectivity index (χ1) is 9.86. The lowest BCUT2D eigenvalue weighted by molar-refractivity contribution is 1.01. The molecule has 0 saturated carbocycles. The SMILES string of the molecule is CCNc1cn2ccnc2c(SCc2ccccc2)n1. The highest BCUT2D eigenvalue weighted by atomic mass is 32.2. The van der Waals surface area contributed by atoms with Crippen molar-refractivity contribution in [1.29, 1.82) is 0 Å². The van der Waals surface area contributed by atoms with Crippen molar-refractivity contribution in [2.45, 2.75) is 17.7 Å². The number of benzene rings is 1. The second kappa shape index (κ2) is 5.96. The third kappa shape index (κ3) is 2.77. The summed E-state index contributed by atoms with van der Waals surface area (Å²) in [5.74, 6) is 1.78. The van der Waals surface area contributed by atoms with Crippen molar-refractivity contribution in [1.82, 2.24) is 14.4 Å². The number of fused-ring (bicyclic) bond motifs is 1. The molecule has 0 aliphatic heterocycles. The summed E-state index contributed by atoms with van der Waals surface area (Å²) in [6.45, 7) is 2.92. The van der Waals surface area contributed by atoms with Crippen LogP contribution >= 0.6 is 11.8 Å². The molecular formula is C15H16N4S. The predicted octanol–water partition coefficient (Wildman–Crippen LogP) is 3.45. The van der Waals surface area contributed by atoms with Crippen LogP contribution in [0, 0.1) is 0 Å². The van der Waals surface area contributed by atoms with Crippen LogP contribution in [0.15, 0.2) is 53.9 Å². The van der Waals surface area contributed by atoms with Crippen LogP contribution in [0.2, 0.25) is 0 Å². The lowest BCUT2D eigenvalue weighted by Crippen LogP contribution is -2.02. The van der Waals surface area contributed by atoms with Gasteiger partial charge in [0.15, 0.2) is 5.65 Å². The van der Waals surface area contributed by atoms with Gasteiger partial charge in [-0.15, -0.1) is 0 Å². The number of hydrogen-bond acceptors (Lipinski definition) is 4. The van der Waals surface area contributed by atoms with E-state index in [1.807, 2.05) is 22.9 Å². The number of nitrogens with zero attached hydrogens (tertiary/aromatic N) is 3. The van der Waals surface area contributed by atoms with Gasteiger partial charge in [0.1, 0.15) is 10.8 Å². The van der Waals surface area contributed by atoms with Gasteiger partial charge in [-0.25, -0.2) is 9.97 Å². The lowest BCUT2D eigenvalue weighted by Gasteiger charge is -2.08. The summed E-state index contributed by atoms with van der Waals surface area (Å²) in [6, 6.07) is 10.4. The fourth-order valence-electron chi connectivity index (χ4n) is 1.99. The van der Waals surface area contributed by atoms with Gasteiger partial charge in [-0.05, 0) is 12.5 Å². The number of nitrogens with one attached hydrogen (secondary N) is 1. The van der Waals surface area contributed by atoms with Crippen molar-refractivity contribution in [3.05, 3.63) is 54.5 Å². The van der Waals surface area contributed by atoms with Crippen molar-refractivity contribution >= 4 is 23.2 Å². The van der Waals surface area contributed by atoms with Crippen LogP contribution in [0.1, 0.15) is 12.5 Å². The maximum atomic E-state index is 4.65. The van der Waals surface area contributed by atoms with E-state index in [9.17, 15) is 0 Å². The van der Waals surface area contributed by atoms with E-state index in [1.165, 1.54) is 5.56 Å². The Bertz CT molecular complexity index is 693. The van der Waals surface area contributed by atoms with Crippen molar-refractivity contribution in [2.75, 3.05) is 11.9 Å². The number of thioether (sulfide) groups is 1. The molecular weight excluding hydrogens is 268 g/mol. The van der Waals surface area contributed by atoms with Crippen LogP contribution in [-0.2, 0) is 5.75 Å². The van der Waals surface area contributed by atoms with Gasteiger partial charge in [0.25, 0.3) is 0 Å². The number of rotatable bonds is 5. The van der Waals surface area contributed by atoms with E-state index in [-0.39, 0.29) is 0 Å². The topological polar surface area (TPSA) is 42.2 Å². The van der Waals surface area contributed by atoms with Crippen LogP contribution in [0.4, 0.5) is 5.82 Å². The van der Waals surface area contributed by atoms with Crippen molar-refractivity contribution in [3.8, 4) is 0 Å². The molecule has 0 spiro atoms. The van der Waals surface area contributed by atoms with E-state index >= 15 is 0 Å². The second-order valence-corrected chi connectivity index (χ2v) is 5.36. The molecule has 1 aromatic carbocycles. The van der Waals surface area contributed by atoms with Gasteiger partial charge >= 0.3 is 0 Å². The predicted molar refractivity (Wildman–Crippen MR) is 83.2 cm³/mol. The number of imidazole rings is 1. The molecule has 0 aliphatic carbocycles. The minimum atomic E-state index is 0.857. The Morgan fingerprint density at radius 2 is 2.10 bits per heavy atom. The summed E-state index contributed by atoms with van der Waals surface area (Å²) in [4.78, 5) is 9.03. The fourth-order valence-corrected chi connectivity index (χ4v) is 2.94. The van der Waals surface area contributed by atoms with E-state index in [0.717, 1.165) is 28.8 Å². The highest BCUT2D eigenvalue weighted by Gasteiger charge is 2.08. The first kappa shape index (κ1) is 13.0.